The summed E-state index contributed by atoms with van der Waals surface area (Å²) in [5, 5.41) is 2.78. The smallest absolute Gasteiger partial charge is 0.228 e. The summed E-state index contributed by atoms with van der Waals surface area (Å²) < 4.78 is 5.64. The van der Waals surface area contributed by atoms with Gasteiger partial charge in [0.15, 0.2) is 0 Å². The second-order valence-corrected chi connectivity index (χ2v) is 5.44. The third-order valence-corrected chi connectivity index (χ3v) is 3.45. The van der Waals surface area contributed by atoms with Crippen LogP contribution in [0.4, 0.5) is 5.69 Å². The number of hydrogen-bond donors (Lipinski definition) is 2. The highest BCUT2D eigenvalue weighted by molar-refractivity contribution is 5.92. The SMILES string of the molecule is Cc1ccc(Oc2ccc(NC(=O)C(C)C(C)N)cn2)cc1. The molecule has 22 heavy (non-hydrogen) atoms. The number of nitrogens with zero attached hydrogens (tertiary/aromatic N) is 1. The standard InChI is InChI=1S/C17H21N3O2/c1-11-4-7-15(8-5-11)22-16-9-6-14(10-19-16)20-17(21)12(2)13(3)18/h4-10,12-13H,18H2,1-3H3,(H,20,21). The van der Waals surface area contributed by atoms with Crippen molar-refractivity contribution >= 4 is 11.6 Å². The molecular formula is C17H21N3O2. The molecule has 0 spiro atoms. The Morgan fingerprint density at radius 2 is 1.86 bits per heavy atom. The largest absolute Gasteiger partial charge is 0.439 e. The van der Waals surface area contributed by atoms with Gasteiger partial charge < -0.3 is 15.8 Å². The molecule has 5 heteroatoms. The predicted octanol–water partition coefficient (Wildman–Crippen LogP) is 3.10. The van der Waals surface area contributed by atoms with Gasteiger partial charge in [-0.15, -0.1) is 0 Å². The molecule has 1 heterocycles. The van der Waals surface area contributed by atoms with Crippen LogP contribution >= 0.6 is 0 Å². The Morgan fingerprint density at radius 3 is 2.41 bits per heavy atom. The van der Waals surface area contributed by atoms with Crippen molar-refractivity contribution in [1.82, 2.24) is 4.98 Å². The molecule has 0 radical (unpaired) electrons. The molecule has 1 aromatic heterocycles. The molecule has 1 aromatic carbocycles. The lowest BCUT2D eigenvalue weighted by Gasteiger charge is -2.15. The van der Waals surface area contributed by atoms with Gasteiger partial charge in [-0.05, 0) is 32.0 Å². The highest BCUT2D eigenvalue weighted by Gasteiger charge is 2.17. The lowest BCUT2D eigenvalue weighted by Crippen LogP contribution is -2.34. The summed E-state index contributed by atoms with van der Waals surface area (Å²) in [4.78, 5) is 16.1. The van der Waals surface area contributed by atoms with Gasteiger partial charge in [0.25, 0.3) is 0 Å². The second-order valence-electron chi connectivity index (χ2n) is 5.44. The first-order chi connectivity index (χ1) is 10.5. The van der Waals surface area contributed by atoms with E-state index in [1.807, 2.05) is 31.2 Å². The first kappa shape index (κ1) is 16.0. The number of hydrogen-bond acceptors (Lipinski definition) is 4. The lowest BCUT2D eigenvalue weighted by molar-refractivity contribution is -0.119. The van der Waals surface area contributed by atoms with Gasteiger partial charge in [-0.2, -0.15) is 0 Å². The summed E-state index contributed by atoms with van der Waals surface area (Å²) in [6.07, 6.45) is 1.56. The number of pyridine rings is 1. The Hall–Kier alpha value is -2.40. The van der Waals surface area contributed by atoms with Crippen LogP contribution in [0.3, 0.4) is 0 Å². The van der Waals surface area contributed by atoms with E-state index in [9.17, 15) is 4.79 Å². The van der Waals surface area contributed by atoms with E-state index in [1.54, 1.807) is 32.2 Å². The van der Waals surface area contributed by atoms with Gasteiger partial charge in [0.05, 0.1) is 17.8 Å². The number of carbonyl (C=O) groups is 1. The van der Waals surface area contributed by atoms with E-state index in [1.165, 1.54) is 5.56 Å². The molecule has 116 valence electrons. The van der Waals surface area contributed by atoms with Crippen LogP contribution in [0.25, 0.3) is 0 Å². The number of aromatic nitrogens is 1. The quantitative estimate of drug-likeness (QED) is 0.889. The highest BCUT2D eigenvalue weighted by atomic mass is 16.5. The highest BCUT2D eigenvalue weighted by Crippen LogP contribution is 2.21. The maximum absolute atomic E-state index is 11.9. The van der Waals surface area contributed by atoms with Crippen molar-refractivity contribution in [2.75, 3.05) is 5.32 Å². The monoisotopic (exact) mass is 299 g/mol. The van der Waals surface area contributed by atoms with E-state index in [2.05, 4.69) is 10.3 Å². The van der Waals surface area contributed by atoms with Crippen LogP contribution in [0.15, 0.2) is 42.6 Å². The molecule has 0 aliphatic carbocycles. The van der Waals surface area contributed by atoms with E-state index in [-0.39, 0.29) is 17.9 Å². The molecule has 0 saturated carbocycles. The fourth-order valence-electron chi connectivity index (χ4n) is 1.74. The minimum atomic E-state index is -0.261. The number of benzene rings is 1. The van der Waals surface area contributed by atoms with Crippen molar-refractivity contribution in [3.05, 3.63) is 48.2 Å². The van der Waals surface area contributed by atoms with Gasteiger partial charge in [0.2, 0.25) is 11.8 Å². The van der Waals surface area contributed by atoms with Gasteiger partial charge in [0.1, 0.15) is 5.75 Å². The Balaban J connectivity index is 1.98. The van der Waals surface area contributed by atoms with Crippen molar-refractivity contribution in [3.8, 4) is 11.6 Å². The van der Waals surface area contributed by atoms with Crippen LogP contribution in [-0.4, -0.2) is 16.9 Å². The van der Waals surface area contributed by atoms with Crippen LogP contribution in [-0.2, 0) is 4.79 Å². The Morgan fingerprint density at radius 1 is 1.18 bits per heavy atom. The Bertz CT molecular complexity index is 621. The van der Waals surface area contributed by atoms with Gasteiger partial charge in [0, 0.05) is 12.1 Å². The molecule has 3 N–H and O–H groups in total. The number of rotatable bonds is 5. The Labute approximate surface area is 130 Å². The summed E-state index contributed by atoms with van der Waals surface area (Å²) in [7, 11) is 0. The van der Waals surface area contributed by atoms with E-state index in [0.29, 0.717) is 11.6 Å². The van der Waals surface area contributed by atoms with Gasteiger partial charge in [-0.1, -0.05) is 24.6 Å². The molecule has 2 atom stereocenters. The fourth-order valence-corrected chi connectivity index (χ4v) is 1.74. The number of ether oxygens (including phenoxy) is 1. The molecule has 5 nitrogen and oxygen atoms in total. The average molecular weight is 299 g/mol. The Kier molecular flexibility index (Phi) is 5.12. The molecule has 2 rings (SSSR count). The second kappa shape index (κ2) is 7.04. The van der Waals surface area contributed by atoms with E-state index in [0.717, 1.165) is 5.75 Å². The number of anilines is 1. The van der Waals surface area contributed by atoms with Crippen molar-refractivity contribution < 1.29 is 9.53 Å². The topological polar surface area (TPSA) is 77.2 Å². The predicted molar refractivity (Wildman–Crippen MR) is 86.9 cm³/mol. The summed E-state index contributed by atoms with van der Waals surface area (Å²) in [5.41, 5.74) is 7.50. The summed E-state index contributed by atoms with van der Waals surface area (Å²) in [6.45, 7) is 5.62. The van der Waals surface area contributed by atoms with Gasteiger partial charge >= 0.3 is 0 Å². The molecule has 0 aliphatic rings. The average Bonchev–Trinajstić information content (AvgIpc) is 2.50. The van der Waals surface area contributed by atoms with Gasteiger partial charge in [-0.3, -0.25) is 4.79 Å². The van der Waals surface area contributed by atoms with Crippen molar-refractivity contribution in [3.63, 3.8) is 0 Å². The molecule has 2 unspecified atom stereocenters. The van der Waals surface area contributed by atoms with Crippen molar-refractivity contribution in [1.29, 1.82) is 0 Å². The third-order valence-electron chi connectivity index (χ3n) is 3.45. The van der Waals surface area contributed by atoms with E-state index >= 15 is 0 Å². The van der Waals surface area contributed by atoms with E-state index < -0.39 is 0 Å². The molecule has 0 bridgehead atoms. The minimum Gasteiger partial charge on any atom is -0.439 e. The maximum Gasteiger partial charge on any atom is 0.228 e. The number of nitrogens with one attached hydrogen (secondary N) is 1. The summed E-state index contributed by atoms with van der Waals surface area (Å²) in [5.74, 6) is 0.815. The molecule has 0 fully saturated rings. The molecular weight excluding hydrogens is 278 g/mol. The molecule has 0 saturated heterocycles. The zero-order valence-electron chi connectivity index (χ0n) is 13.0. The first-order valence-electron chi connectivity index (χ1n) is 7.22. The lowest BCUT2D eigenvalue weighted by atomic mass is 10.0. The summed E-state index contributed by atoms with van der Waals surface area (Å²) >= 11 is 0. The number of carbonyl (C=O) groups excluding carboxylic acids is 1. The third kappa shape index (κ3) is 4.30. The van der Waals surface area contributed by atoms with Crippen molar-refractivity contribution in [2.24, 2.45) is 11.7 Å². The molecule has 0 aliphatic heterocycles. The normalized spacial score (nSPS) is 13.3. The van der Waals surface area contributed by atoms with Gasteiger partial charge in [-0.25, -0.2) is 4.98 Å². The zero-order chi connectivity index (χ0) is 16.1. The van der Waals surface area contributed by atoms with Crippen LogP contribution in [0.5, 0.6) is 11.6 Å². The number of nitrogens with two attached hydrogens (primary N) is 1. The summed E-state index contributed by atoms with van der Waals surface area (Å²) in [6, 6.07) is 11.0. The zero-order valence-corrected chi connectivity index (χ0v) is 13.0. The van der Waals surface area contributed by atoms with E-state index in [4.69, 9.17) is 10.5 Å². The minimum absolute atomic E-state index is 0.121. The van der Waals surface area contributed by atoms with Crippen LogP contribution in [0.1, 0.15) is 19.4 Å². The van der Waals surface area contributed by atoms with Crippen LogP contribution in [0, 0.1) is 12.8 Å². The fraction of sp³-hybridized carbons (Fsp3) is 0.294. The first-order valence-corrected chi connectivity index (χ1v) is 7.22. The maximum atomic E-state index is 11.9. The van der Waals surface area contributed by atoms with Crippen molar-refractivity contribution in [2.45, 2.75) is 26.8 Å². The van der Waals surface area contributed by atoms with Crippen LogP contribution < -0.4 is 15.8 Å². The van der Waals surface area contributed by atoms with Crippen LogP contribution in [0.2, 0.25) is 0 Å². The number of amides is 1. The number of aryl methyl sites for hydroxylation is 1. The molecule has 1 amide bonds. The molecule has 2 aromatic rings.